The summed E-state index contributed by atoms with van der Waals surface area (Å²) in [7, 11) is 0. The second-order valence-corrected chi connectivity index (χ2v) is 10.0. The molecule has 0 unspecified atom stereocenters. The minimum absolute atomic E-state index is 0.248. The third-order valence-corrected chi connectivity index (χ3v) is 6.65. The van der Waals surface area contributed by atoms with Crippen molar-refractivity contribution in [2.24, 2.45) is 10.2 Å². The quantitative estimate of drug-likeness (QED) is 0.168. The van der Waals surface area contributed by atoms with Crippen molar-refractivity contribution in [1.82, 2.24) is 19.9 Å². The lowest BCUT2D eigenvalue weighted by molar-refractivity contribution is -0.137. The largest absolute Gasteiger partial charge is 0.416 e. The topological polar surface area (TPSA) is 100 Å². The van der Waals surface area contributed by atoms with Gasteiger partial charge < -0.3 is 10.6 Å². The fourth-order valence-corrected chi connectivity index (χ4v) is 4.37. The number of rotatable bonds is 8. The van der Waals surface area contributed by atoms with E-state index < -0.39 is 11.7 Å². The number of hydrogen-bond donors (Lipinski definition) is 2. The molecule has 0 aliphatic heterocycles. The number of hydrogen-bond acceptors (Lipinski definition) is 8. The highest BCUT2D eigenvalue weighted by Gasteiger charge is 2.29. The minimum Gasteiger partial charge on any atom is -0.324 e. The van der Waals surface area contributed by atoms with Crippen LogP contribution in [-0.4, -0.2) is 19.9 Å². The predicted molar refractivity (Wildman–Crippen MR) is 168 cm³/mol. The molecule has 0 aliphatic rings. The molecular weight excluding hydrogens is 577 g/mol. The van der Waals surface area contributed by atoms with Crippen LogP contribution in [0.4, 0.5) is 47.8 Å². The molecule has 0 saturated heterocycles. The van der Waals surface area contributed by atoms with Gasteiger partial charge in [-0.15, -0.1) is 0 Å². The maximum absolute atomic E-state index is 12.9. The summed E-state index contributed by atoms with van der Waals surface area (Å²) in [5.74, 6) is 0.737. The number of nitrogens with one attached hydrogen (secondary N) is 2. The molecule has 6 aromatic rings. The molecule has 45 heavy (non-hydrogen) atoms. The predicted octanol–water partition coefficient (Wildman–Crippen LogP) is 9.83. The number of alkyl halides is 3. The highest BCUT2D eigenvalue weighted by molar-refractivity contribution is 5.67. The van der Waals surface area contributed by atoms with Gasteiger partial charge in [0.05, 0.1) is 28.3 Å². The molecule has 0 fully saturated rings. The van der Waals surface area contributed by atoms with E-state index in [1.807, 2.05) is 85.8 Å². The van der Waals surface area contributed by atoms with Crippen LogP contribution in [0.2, 0.25) is 0 Å². The van der Waals surface area contributed by atoms with Crippen LogP contribution >= 0.6 is 0 Å². The van der Waals surface area contributed by atoms with E-state index in [2.05, 4.69) is 40.8 Å². The molecule has 2 aromatic heterocycles. The molecule has 0 bridgehead atoms. The standard InChI is InChI=1S/C34H25F3N8/c1-22-8-12-26(13-9-22)40-32-38-18-16-30(42-32)23-4-2-6-28(20-23)44-45-29-7-3-5-24(21-29)31-17-19-39-33(43-31)41-27-14-10-25(11-15-27)34(35,36)37/h2-21H,1H3,(H,38,40,42)(H,39,41,43)/b45-44+. The van der Waals surface area contributed by atoms with E-state index >= 15 is 0 Å². The molecule has 0 atom stereocenters. The third kappa shape index (κ3) is 7.52. The van der Waals surface area contributed by atoms with E-state index in [0.29, 0.717) is 28.7 Å². The average molecular weight is 603 g/mol. The molecule has 0 amide bonds. The lowest BCUT2D eigenvalue weighted by Crippen LogP contribution is -2.04. The zero-order valence-corrected chi connectivity index (χ0v) is 23.9. The Kier molecular flexibility index (Phi) is 8.23. The van der Waals surface area contributed by atoms with Crippen molar-refractivity contribution in [2.75, 3.05) is 10.6 Å². The minimum atomic E-state index is -4.40. The summed E-state index contributed by atoms with van der Waals surface area (Å²) in [5, 5.41) is 15.0. The maximum atomic E-state index is 12.9. The fourth-order valence-electron chi connectivity index (χ4n) is 4.37. The molecule has 0 saturated carbocycles. The number of anilines is 4. The first kappa shape index (κ1) is 29.1. The molecule has 0 aliphatic carbocycles. The summed E-state index contributed by atoms with van der Waals surface area (Å²) < 4.78 is 38.6. The molecule has 222 valence electrons. The van der Waals surface area contributed by atoms with E-state index in [0.717, 1.165) is 34.6 Å². The van der Waals surface area contributed by atoms with Crippen molar-refractivity contribution in [3.05, 3.63) is 133 Å². The van der Waals surface area contributed by atoms with E-state index in [-0.39, 0.29) is 5.95 Å². The van der Waals surface area contributed by atoms with Gasteiger partial charge in [-0.2, -0.15) is 23.4 Å². The Hall–Kier alpha value is -5.97. The Morgan fingerprint density at radius 1 is 0.578 bits per heavy atom. The lowest BCUT2D eigenvalue weighted by atomic mass is 10.1. The van der Waals surface area contributed by atoms with Crippen molar-refractivity contribution >= 4 is 34.6 Å². The van der Waals surface area contributed by atoms with Crippen LogP contribution in [0.3, 0.4) is 0 Å². The molecule has 0 radical (unpaired) electrons. The smallest absolute Gasteiger partial charge is 0.324 e. The Bertz CT molecular complexity index is 1960. The van der Waals surface area contributed by atoms with Crippen LogP contribution in [0, 0.1) is 6.92 Å². The van der Waals surface area contributed by atoms with Crippen molar-refractivity contribution in [2.45, 2.75) is 13.1 Å². The second-order valence-electron chi connectivity index (χ2n) is 10.0. The fraction of sp³-hybridized carbons (Fsp3) is 0.0588. The molecule has 6 rings (SSSR count). The van der Waals surface area contributed by atoms with Crippen molar-refractivity contribution < 1.29 is 13.2 Å². The van der Waals surface area contributed by atoms with Gasteiger partial charge in [-0.1, -0.05) is 42.0 Å². The summed E-state index contributed by atoms with van der Waals surface area (Å²) in [6, 6.07) is 31.2. The van der Waals surface area contributed by atoms with E-state index in [4.69, 9.17) is 0 Å². The molecule has 4 aromatic carbocycles. The van der Waals surface area contributed by atoms with Gasteiger partial charge in [0.15, 0.2) is 0 Å². The summed E-state index contributed by atoms with van der Waals surface area (Å²) in [5.41, 5.74) is 6.02. The van der Waals surface area contributed by atoms with Crippen LogP contribution in [0.25, 0.3) is 22.5 Å². The van der Waals surface area contributed by atoms with E-state index in [9.17, 15) is 13.2 Å². The van der Waals surface area contributed by atoms with Gasteiger partial charge in [0.2, 0.25) is 11.9 Å². The first-order valence-corrected chi connectivity index (χ1v) is 13.9. The zero-order valence-electron chi connectivity index (χ0n) is 23.9. The Labute approximate surface area is 256 Å². The maximum Gasteiger partial charge on any atom is 0.416 e. The molecule has 0 spiro atoms. The summed E-state index contributed by atoms with van der Waals surface area (Å²) in [6.07, 6.45) is -1.12. The second kappa shape index (κ2) is 12.7. The van der Waals surface area contributed by atoms with Gasteiger partial charge in [0.25, 0.3) is 0 Å². The van der Waals surface area contributed by atoms with Gasteiger partial charge in [0, 0.05) is 34.9 Å². The zero-order chi connectivity index (χ0) is 31.2. The van der Waals surface area contributed by atoms with Crippen LogP contribution < -0.4 is 10.6 Å². The van der Waals surface area contributed by atoms with Gasteiger partial charge in [-0.3, -0.25) is 0 Å². The van der Waals surface area contributed by atoms with Gasteiger partial charge in [-0.05, 0) is 79.7 Å². The Morgan fingerprint density at radius 3 is 1.51 bits per heavy atom. The van der Waals surface area contributed by atoms with E-state index in [1.165, 1.54) is 17.7 Å². The highest BCUT2D eigenvalue weighted by atomic mass is 19.4. The van der Waals surface area contributed by atoms with E-state index in [1.54, 1.807) is 18.5 Å². The summed E-state index contributed by atoms with van der Waals surface area (Å²) in [4.78, 5) is 17.7. The van der Waals surface area contributed by atoms with Crippen LogP contribution in [0.1, 0.15) is 11.1 Å². The SMILES string of the molecule is Cc1ccc(Nc2nccc(-c3cccc(/N=N/c4cccc(-c5ccnc(Nc6ccc(C(F)(F)F)cc6)n5)c4)c3)n2)cc1. The Balaban J connectivity index is 1.16. The normalized spacial score (nSPS) is 11.5. The molecular formula is C34H25F3N8. The van der Waals surface area contributed by atoms with Gasteiger partial charge >= 0.3 is 6.18 Å². The number of nitrogens with zero attached hydrogens (tertiary/aromatic N) is 6. The number of aryl methyl sites for hydroxylation is 1. The summed E-state index contributed by atoms with van der Waals surface area (Å²) in [6.45, 7) is 2.03. The van der Waals surface area contributed by atoms with Crippen molar-refractivity contribution in [1.29, 1.82) is 0 Å². The number of azo groups is 1. The average Bonchev–Trinajstić information content (AvgIpc) is 3.05. The van der Waals surface area contributed by atoms with Gasteiger partial charge in [0.1, 0.15) is 0 Å². The Morgan fingerprint density at radius 2 is 1.04 bits per heavy atom. The molecule has 2 N–H and O–H groups in total. The lowest BCUT2D eigenvalue weighted by Gasteiger charge is -2.09. The first-order chi connectivity index (χ1) is 21.8. The van der Waals surface area contributed by atoms with Crippen molar-refractivity contribution in [3.63, 3.8) is 0 Å². The molecule has 2 heterocycles. The van der Waals surface area contributed by atoms with Crippen molar-refractivity contribution in [3.8, 4) is 22.5 Å². The number of halogens is 3. The van der Waals surface area contributed by atoms with Crippen LogP contribution in [0.5, 0.6) is 0 Å². The van der Waals surface area contributed by atoms with Crippen LogP contribution in [0.15, 0.2) is 132 Å². The summed E-state index contributed by atoms with van der Waals surface area (Å²) >= 11 is 0. The van der Waals surface area contributed by atoms with Gasteiger partial charge in [-0.25, -0.2) is 19.9 Å². The monoisotopic (exact) mass is 602 g/mol. The number of aromatic nitrogens is 4. The first-order valence-electron chi connectivity index (χ1n) is 13.9. The molecule has 11 heteroatoms. The third-order valence-electron chi connectivity index (χ3n) is 6.65. The number of benzene rings is 4. The molecule has 8 nitrogen and oxygen atoms in total. The van der Waals surface area contributed by atoms with Crippen LogP contribution in [-0.2, 0) is 6.18 Å². The highest BCUT2D eigenvalue weighted by Crippen LogP contribution is 2.31.